The first-order chi connectivity index (χ1) is 17.3. The van der Waals surface area contributed by atoms with E-state index in [9.17, 15) is 8.42 Å². The number of nitrogens with one attached hydrogen (secondary N) is 2. The summed E-state index contributed by atoms with van der Waals surface area (Å²) in [5, 5.41) is 4.24. The number of fused-ring (bicyclic) bond motifs is 1. The lowest BCUT2D eigenvalue weighted by Crippen LogP contribution is -2.33. The van der Waals surface area contributed by atoms with E-state index in [1.165, 1.54) is 24.3 Å². The lowest BCUT2D eigenvalue weighted by atomic mass is 9.92. The van der Waals surface area contributed by atoms with Gasteiger partial charge in [0.1, 0.15) is 10.7 Å². The molecule has 3 aromatic carbocycles. The molecular formula is C26H25ClFN5O2S. The normalized spacial score (nSPS) is 18.2. The van der Waals surface area contributed by atoms with Crippen LogP contribution in [0.25, 0.3) is 22.0 Å². The summed E-state index contributed by atoms with van der Waals surface area (Å²) in [4.78, 5) is 8.96. The number of rotatable bonds is 6. The third-order valence-corrected chi connectivity index (χ3v) is 8.22. The number of halogens is 2. The summed E-state index contributed by atoms with van der Waals surface area (Å²) in [7, 11) is -3.96. The van der Waals surface area contributed by atoms with Crippen molar-refractivity contribution in [2.45, 2.75) is 42.7 Å². The molecule has 1 aliphatic rings. The molecule has 0 saturated heterocycles. The fraction of sp³-hybridized carbons (Fsp3) is 0.231. The van der Waals surface area contributed by atoms with Gasteiger partial charge in [0.05, 0.1) is 16.2 Å². The van der Waals surface area contributed by atoms with Gasteiger partial charge in [0.2, 0.25) is 5.95 Å². The second-order valence-electron chi connectivity index (χ2n) is 8.95. The molecule has 0 unspecified atom stereocenters. The summed E-state index contributed by atoms with van der Waals surface area (Å²) in [5.74, 6) is 0.000443. The first-order valence-electron chi connectivity index (χ1n) is 11.6. The van der Waals surface area contributed by atoms with Crippen LogP contribution in [-0.4, -0.2) is 30.5 Å². The third kappa shape index (κ3) is 5.28. The number of nitrogens with two attached hydrogens (primary N) is 1. The second kappa shape index (κ2) is 10.0. The Hall–Kier alpha value is -3.27. The summed E-state index contributed by atoms with van der Waals surface area (Å²) in [6.07, 6.45) is 5.67. The van der Waals surface area contributed by atoms with Crippen molar-refractivity contribution in [1.29, 1.82) is 0 Å². The van der Waals surface area contributed by atoms with Crippen LogP contribution >= 0.6 is 11.6 Å². The topological polar surface area (TPSA) is 110 Å². The van der Waals surface area contributed by atoms with E-state index in [0.29, 0.717) is 23.1 Å². The highest BCUT2D eigenvalue weighted by molar-refractivity contribution is 7.92. The van der Waals surface area contributed by atoms with E-state index in [1.807, 2.05) is 12.1 Å². The summed E-state index contributed by atoms with van der Waals surface area (Å²) >= 11 is 6.01. The molecule has 5 rings (SSSR count). The molecule has 0 bridgehead atoms. The van der Waals surface area contributed by atoms with Crippen LogP contribution in [0.2, 0.25) is 5.02 Å². The highest BCUT2D eigenvalue weighted by Gasteiger charge is 2.20. The number of nitrogens with zero attached hydrogens (tertiary/aromatic N) is 2. The van der Waals surface area contributed by atoms with E-state index >= 15 is 4.39 Å². The van der Waals surface area contributed by atoms with E-state index in [-0.39, 0.29) is 21.6 Å². The van der Waals surface area contributed by atoms with Crippen LogP contribution < -0.4 is 15.8 Å². The molecule has 10 heteroatoms. The van der Waals surface area contributed by atoms with E-state index in [2.05, 4.69) is 20.0 Å². The van der Waals surface area contributed by atoms with Crippen molar-refractivity contribution in [3.63, 3.8) is 0 Å². The van der Waals surface area contributed by atoms with Crippen LogP contribution in [0.3, 0.4) is 0 Å². The molecule has 1 fully saturated rings. The molecule has 0 radical (unpaired) electrons. The van der Waals surface area contributed by atoms with Gasteiger partial charge in [0, 0.05) is 29.2 Å². The van der Waals surface area contributed by atoms with Crippen LogP contribution in [0.15, 0.2) is 71.8 Å². The van der Waals surface area contributed by atoms with Gasteiger partial charge in [-0.05, 0) is 73.7 Å². The lowest BCUT2D eigenvalue weighted by Gasteiger charge is -2.26. The number of hydrogen-bond acceptors (Lipinski definition) is 6. The quantitative estimate of drug-likeness (QED) is 0.303. The molecule has 0 aliphatic heterocycles. The monoisotopic (exact) mass is 525 g/mol. The minimum Gasteiger partial charge on any atom is -0.351 e. The Morgan fingerprint density at radius 3 is 2.53 bits per heavy atom. The fourth-order valence-electron chi connectivity index (χ4n) is 4.40. The summed E-state index contributed by atoms with van der Waals surface area (Å²) in [6, 6.07) is 16.3. The van der Waals surface area contributed by atoms with Gasteiger partial charge in [-0.1, -0.05) is 29.8 Å². The molecule has 186 valence electrons. The zero-order valence-corrected chi connectivity index (χ0v) is 20.9. The predicted octanol–water partition coefficient (Wildman–Crippen LogP) is 5.57. The maximum Gasteiger partial charge on any atom is 0.263 e. The first kappa shape index (κ1) is 24.4. The fourth-order valence-corrected chi connectivity index (χ4v) is 5.97. The number of hydrogen-bond donors (Lipinski definition) is 3. The van der Waals surface area contributed by atoms with Crippen molar-refractivity contribution in [1.82, 2.24) is 9.97 Å². The van der Waals surface area contributed by atoms with Gasteiger partial charge in [-0.3, -0.25) is 4.72 Å². The Labute approximate surface area is 214 Å². The van der Waals surface area contributed by atoms with E-state index in [4.69, 9.17) is 17.3 Å². The predicted molar refractivity (Wildman–Crippen MR) is 141 cm³/mol. The van der Waals surface area contributed by atoms with Crippen LogP contribution in [-0.2, 0) is 10.0 Å². The van der Waals surface area contributed by atoms with Gasteiger partial charge in [0.15, 0.2) is 0 Å². The van der Waals surface area contributed by atoms with Crippen molar-refractivity contribution in [3.05, 3.63) is 77.7 Å². The van der Waals surface area contributed by atoms with Gasteiger partial charge >= 0.3 is 0 Å². The van der Waals surface area contributed by atoms with Crippen molar-refractivity contribution < 1.29 is 12.8 Å². The van der Waals surface area contributed by atoms with Crippen molar-refractivity contribution >= 4 is 44.2 Å². The number of aromatic nitrogens is 2. The van der Waals surface area contributed by atoms with E-state index in [0.717, 1.165) is 42.7 Å². The molecule has 0 amide bonds. The van der Waals surface area contributed by atoms with Gasteiger partial charge in [-0.15, -0.1) is 0 Å². The van der Waals surface area contributed by atoms with Gasteiger partial charge in [0.25, 0.3) is 10.0 Å². The van der Waals surface area contributed by atoms with Crippen LogP contribution in [0.1, 0.15) is 25.7 Å². The van der Waals surface area contributed by atoms with Crippen LogP contribution in [0, 0.1) is 5.82 Å². The Kier molecular flexibility index (Phi) is 6.79. The first-order valence-corrected chi connectivity index (χ1v) is 13.5. The molecule has 1 aliphatic carbocycles. The smallest absolute Gasteiger partial charge is 0.263 e. The Bertz CT molecular complexity index is 1520. The van der Waals surface area contributed by atoms with E-state index < -0.39 is 15.8 Å². The zero-order chi connectivity index (χ0) is 25.3. The SMILES string of the molecule is NC1CCC(Nc2ncc3cc(-c4ccc(NS(=O)(=O)c5ccccc5Cl)cc4F)ccc3n2)CC1. The van der Waals surface area contributed by atoms with Gasteiger partial charge in [-0.25, -0.2) is 22.8 Å². The average Bonchev–Trinajstić information content (AvgIpc) is 2.85. The minimum absolute atomic E-state index is 0.0772. The number of benzene rings is 3. The largest absolute Gasteiger partial charge is 0.351 e. The lowest BCUT2D eigenvalue weighted by molar-refractivity contribution is 0.410. The molecule has 0 spiro atoms. The Balaban J connectivity index is 1.34. The van der Waals surface area contributed by atoms with Crippen LogP contribution in [0.5, 0.6) is 0 Å². The van der Waals surface area contributed by atoms with Crippen molar-refractivity contribution in [2.24, 2.45) is 5.73 Å². The molecule has 4 aromatic rings. The minimum atomic E-state index is -3.96. The molecule has 36 heavy (non-hydrogen) atoms. The molecule has 1 saturated carbocycles. The average molecular weight is 526 g/mol. The van der Waals surface area contributed by atoms with Crippen molar-refractivity contribution in [3.8, 4) is 11.1 Å². The van der Waals surface area contributed by atoms with Crippen molar-refractivity contribution in [2.75, 3.05) is 10.0 Å². The summed E-state index contributed by atoms with van der Waals surface area (Å²) < 4.78 is 42.7. The maximum atomic E-state index is 15.0. The van der Waals surface area contributed by atoms with Gasteiger partial charge in [-0.2, -0.15) is 0 Å². The molecule has 0 atom stereocenters. The highest BCUT2D eigenvalue weighted by atomic mass is 35.5. The standard InChI is InChI=1S/C26H25ClFN5O2S/c27-22-3-1-2-4-25(22)36(34,35)33-20-10-11-21(23(28)14-20)16-5-12-24-17(13-16)15-30-26(32-24)31-19-8-6-18(29)7-9-19/h1-5,10-15,18-19,33H,6-9,29H2,(H,30,31,32). The molecule has 1 aromatic heterocycles. The Morgan fingerprint density at radius 2 is 1.78 bits per heavy atom. The van der Waals surface area contributed by atoms with Crippen LogP contribution in [0.4, 0.5) is 16.0 Å². The summed E-state index contributed by atoms with van der Waals surface area (Å²) in [5.41, 5.74) is 7.78. The Morgan fingerprint density at radius 1 is 1.00 bits per heavy atom. The maximum absolute atomic E-state index is 15.0. The number of sulfonamides is 1. The highest BCUT2D eigenvalue weighted by Crippen LogP contribution is 2.30. The zero-order valence-electron chi connectivity index (χ0n) is 19.3. The molecule has 4 N–H and O–H groups in total. The second-order valence-corrected chi connectivity index (χ2v) is 11.0. The number of anilines is 2. The molecular weight excluding hydrogens is 501 g/mol. The molecule has 7 nitrogen and oxygen atoms in total. The third-order valence-electron chi connectivity index (χ3n) is 6.34. The summed E-state index contributed by atoms with van der Waals surface area (Å²) in [6.45, 7) is 0. The van der Waals surface area contributed by atoms with E-state index in [1.54, 1.807) is 24.4 Å². The van der Waals surface area contributed by atoms with Gasteiger partial charge < -0.3 is 11.1 Å². The molecule has 1 heterocycles.